The second kappa shape index (κ2) is 9.04. The summed E-state index contributed by atoms with van der Waals surface area (Å²) < 4.78 is 5.59. The number of piperidine rings is 1. The molecule has 1 aromatic carbocycles. The summed E-state index contributed by atoms with van der Waals surface area (Å²) in [5.74, 6) is 0.625. The number of benzene rings is 1. The lowest BCUT2D eigenvalue weighted by Gasteiger charge is -2.36. The van der Waals surface area contributed by atoms with Crippen LogP contribution in [-0.4, -0.2) is 60.6 Å². The second-order valence-corrected chi connectivity index (χ2v) is 7.91. The van der Waals surface area contributed by atoms with E-state index in [0.29, 0.717) is 42.5 Å². The highest BCUT2D eigenvalue weighted by Gasteiger charge is 2.29. The van der Waals surface area contributed by atoms with Gasteiger partial charge in [0, 0.05) is 36.9 Å². The SMILES string of the molecule is CC(=O)CCCN1CCC(CNC(=O)c2cc(Cl)cc3c2OCC3)C(O)C1. The van der Waals surface area contributed by atoms with Gasteiger partial charge in [0.1, 0.15) is 11.5 Å². The summed E-state index contributed by atoms with van der Waals surface area (Å²) >= 11 is 6.12. The third-order valence-electron chi connectivity index (χ3n) is 5.33. The number of aliphatic hydroxyl groups is 1. The van der Waals surface area contributed by atoms with Gasteiger partial charge in [-0.3, -0.25) is 4.79 Å². The van der Waals surface area contributed by atoms with Crippen molar-refractivity contribution in [1.29, 1.82) is 0 Å². The minimum Gasteiger partial charge on any atom is -0.492 e. The second-order valence-electron chi connectivity index (χ2n) is 7.47. The largest absolute Gasteiger partial charge is 0.492 e. The molecule has 0 spiro atoms. The Labute approximate surface area is 164 Å². The molecule has 1 fully saturated rings. The van der Waals surface area contributed by atoms with Crippen molar-refractivity contribution in [1.82, 2.24) is 10.2 Å². The maximum Gasteiger partial charge on any atom is 0.255 e. The number of nitrogens with one attached hydrogen (secondary N) is 1. The van der Waals surface area contributed by atoms with Crippen molar-refractivity contribution in [3.63, 3.8) is 0 Å². The van der Waals surface area contributed by atoms with E-state index in [-0.39, 0.29) is 17.6 Å². The minimum atomic E-state index is -0.488. The van der Waals surface area contributed by atoms with Crippen LogP contribution in [0.5, 0.6) is 5.75 Å². The molecule has 2 N–H and O–H groups in total. The average Bonchev–Trinajstić information content (AvgIpc) is 3.08. The fraction of sp³-hybridized carbons (Fsp3) is 0.600. The Morgan fingerprint density at radius 3 is 2.96 bits per heavy atom. The molecule has 0 aliphatic carbocycles. The van der Waals surface area contributed by atoms with Gasteiger partial charge in [-0.15, -0.1) is 0 Å². The van der Waals surface area contributed by atoms with Crippen LogP contribution in [-0.2, 0) is 11.2 Å². The van der Waals surface area contributed by atoms with E-state index >= 15 is 0 Å². The smallest absolute Gasteiger partial charge is 0.255 e. The number of rotatable bonds is 7. The molecular weight excluding hydrogens is 368 g/mol. The molecule has 3 rings (SSSR count). The van der Waals surface area contributed by atoms with Crippen molar-refractivity contribution >= 4 is 23.3 Å². The minimum absolute atomic E-state index is 0.0196. The van der Waals surface area contributed by atoms with E-state index in [2.05, 4.69) is 10.2 Å². The van der Waals surface area contributed by atoms with Crippen molar-refractivity contribution in [3.05, 3.63) is 28.3 Å². The van der Waals surface area contributed by atoms with Crippen molar-refractivity contribution in [2.45, 2.75) is 38.7 Å². The monoisotopic (exact) mass is 394 g/mol. The van der Waals surface area contributed by atoms with Gasteiger partial charge in [-0.2, -0.15) is 0 Å². The maximum atomic E-state index is 12.6. The number of aliphatic hydroxyl groups excluding tert-OH is 1. The summed E-state index contributed by atoms with van der Waals surface area (Å²) in [5, 5.41) is 13.9. The van der Waals surface area contributed by atoms with Gasteiger partial charge < -0.3 is 24.9 Å². The predicted octanol–water partition coefficient (Wildman–Crippen LogP) is 2.06. The van der Waals surface area contributed by atoms with Gasteiger partial charge in [-0.05, 0) is 50.6 Å². The van der Waals surface area contributed by atoms with Crippen molar-refractivity contribution in [3.8, 4) is 5.75 Å². The van der Waals surface area contributed by atoms with Crippen LogP contribution in [0, 0.1) is 5.92 Å². The number of hydrogen-bond acceptors (Lipinski definition) is 5. The molecule has 2 aliphatic heterocycles. The molecule has 1 amide bonds. The molecule has 0 bridgehead atoms. The molecule has 2 heterocycles. The van der Waals surface area contributed by atoms with E-state index < -0.39 is 6.10 Å². The van der Waals surface area contributed by atoms with Crippen LogP contribution in [0.1, 0.15) is 42.1 Å². The van der Waals surface area contributed by atoms with E-state index in [4.69, 9.17) is 16.3 Å². The quantitative estimate of drug-likeness (QED) is 0.740. The Balaban J connectivity index is 1.50. The van der Waals surface area contributed by atoms with Crippen molar-refractivity contribution in [2.24, 2.45) is 5.92 Å². The lowest BCUT2D eigenvalue weighted by atomic mass is 9.93. The highest BCUT2D eigenvalue weighted by molar-refractivity contribution is 6.31. The molecular formula is C20H27ClN2O4. The Bertz CT molecular complexity index is 709. The van der Waals surface area contributed by atoms with E-state index in [1.165, 1.54) is 0 Å². The topological polar surface area (TPSA) is 78.9 Å². The Hall–Kier alpha value is -1.63. The Morgan fingerprint density at radius 2 is 2.22 bits per heavy atom. The van der Waals surface area contributed by atoms with Crippen LogP contribution in [0.4, 0.5) is 0 Å². The number of amides is 1. The van der Waals surface area contributed by atoms with Gasteiger partial charge in [-0.25, -0.2) is 0 Å². The van der Waals surface area contributed by atoms with Crippen LogP contribution < -0.4 is 10.1 Å². The van der Waals surface area contributed by atoms with E-state index in [0.717, 1.165) is 37.9 Å². The molecule has 148 valence electrons. The molecule has 7 heteroatoms. The number of carbonyl (C=O) groups excluding carboxylic acids is 2. The molecule has 1 saturated heterocycles. The molecule has 2 aliphatic rings. The van der Waals surface area contributed by atoms with Gasteiger partial charge in [-0.1, -0.05) is 11.6 Å². The first-order valence-electron chi connectivity index (χ1n) is 9.57. The fourth-order valence-electron chi connectivity index (χ4n) is 3.80. The molecule has 0 saturated carbocycles. The van der Waals surface area contributed by atoms with Crippen LogP contribution in [0.2, 0.25) is 5.02 Å². The first kappa shape index (κ1) is 20.1. The number of halogens is 1. The average molecular weight is 395 g/mol. The summed E-state index contributed by atoms with van der Waals surface area (Å²) in [6.45, 7) is 4.85. The number of hydrogen-bond donors (Lipinski definition) is 2. The number of β-amino-alcohol motifs (C(OH)–C–C–N with tert-alkyl or cyclic N) is 1. The lowest BCUT2D eigenvalue weighted by molar-refractivity contribution is -0.117. The number of likely N-dealkylation sites (tertiary alicyclic amines) is 1. The van der Waals surface area contributed by atoms with Crippen LogP contribution in [0.15, 0.2) is 12.1 Å². The van der Waals surface area contributed by atoms with Crippen LogP contribution in [0.3, 0.4) is 0 Å². The van der Waals surface area contributed by atoms with Gasteiger partial charge in [0.05, 0.1) is 18.3 Å². The third kappa shape index (κ3) is 5.21. The number of carbonyl (C=O) groups is 2. The van der Waals surface area contributed by atoms with Gasteiger partial charge >= 0.3 is 0 Å². The van der Waals surface area contributed by atoms with Gasteiger partial charge in [0.25, 0.3) is 5.91 Å². The molecule has 2 atom stereocenters. The molecule has 6 nitrogen and oxygen atoms in total. The van der Waals surface area contributed by atoms with Crippen LogP contribution >= 0.6 is 11.6 Å². The highest BCUT2D eigenvalue weighted by atomic mass is 35.5. The molecule has 1 aromatic rings. The first-order chi connectivity index (χ1) is 12.9. The summed E-state index contributed by atoms with van der Waals surface area (Å²) in [6, 6.07) is 3.47. The summed E-state index contributed by atoms with van der Waals surface area (Å²) in [4.78, 5) is 25.8. The first-order valence-corrected chi connectivity index (χ1v) is 9.95. The predicted molar refractivity (Wildman–Crippen MR) is 103 cm³/mol. The third-order valence-corrected chi connectivity index (χ3v) is 5.54. The number of fused-ring (bicyclic) bond motifs is 1. The maximum absolute atomic E-state index is 12.6. The molecule has 0 radical (unpaired) electrons. The summed E-state index contributed by atoms with van der Waals surface area (Å²) in [6.07, 6.45) is 2.49. The number of ether oxygens (including phenoxy) is 1. The van der Waals surface area contributed by atoms with E-state index in [1.54, 1.807) is 13.0 Å². The zero-order valence-corrected chi connectivity index (χ0v) is 16.4. The highest BCUT2D eigenvalue weighted by Crippen LogP contribution is 2.32. The summed E-state index contributed by atoms with van der Waals surface area (Å²) in [7, 11) is 0. The number of Topliss-reactive ketones (excluding diaryl/α,β-unsaturated/α-hetero) is 1. The van der Waals surface area contributed by atoms with E-state index in [9.17, 15) is 14.7 Å². The number of nitrogens with zero attached hydrogens (tertiary/aromatic N) is 1. The Morgan fingerprint density at radius 1 is 1.41 bits per heavy atom. The Kier molecular flexibility index (Phi) is 6.73. The zero-order valence-electron chi connectivity index (χ0n) is 15.7. The van der Waals surface area contributed by atoms with Crippen LogP contribution in [0.25, 0.3) is 0 Å². The zero-order chi connectivity index (χ0) is 19.4. The fourth-order valence-corrected chi connectivity index (χ4v) is 4.04. The standard InChI is InChI=1S/C20H27ClN2O4/c1-13(24)3-2-6-23-7-4-15(18(25)12-23)11-22-20(26)17-10-16(21)9-14-5-8-27-19(14)17/h9-10,15,18,25H,2-8,11-12H2,1H3,(H,22,26). The normalized spacial score (nSPS) is 22.2. The molecule has 27 heavy (non-hydrogen) atoms. The van der Waals surface area contributed by atoms with Crippen molar-refractivity contribution in [2.75, 3.05) is 32.8 Å². The lowest BCUT2D eigenvalue weighted by Crippen LogP contribution is -2.47. The van der Waals surface area contributed by atoms with E-state index in [1.807, 2.05) is 6.07 Å². The van der Waals surface area contributed by atoms with Gasteiger partial charge in [0.15, 0.2) is 0 Å². The van der Waals surface area contributed by atoms with Crippen molar-refractivity contribution < 1.29 is 19.4 Å². The molecule has 0 aromatic heterocycles. The molecule has 2 unspecified atom stereocenters. The number of ketones is 1. The van der Waals surface area contributed by atoms with Gasteiger partial charge in [0.2, 0.25) is 0 Å². The summed E-state index contributed by atoms with van der Waals surface area (Å²) in [5.41, 5.74) is 1.43.